The summed E-state index contributed by atoms with van der Waals surface area (Å²) in [5, 5.41) is 12.9. The Morgan fingerprint density at radius 1 is 1.15 bits per heavy atom. The maximum atomic E-state index is 8.83. The van der Waals surface area contributed by atoms with E-state index in [1.165, 1.54) is 0 Å². The Labute approximate surface area is 126 Å². The molecule has 0 unspecified atom stereocenters. The third-order valence-corrected chi connectivity index (χ3v) is 3.00. The van der Waals surface area contributed by atoms with Crippen LogP contribution in [0.1, 0.15) is 5.69 Å². The second-order valence-corrected chi connectivity index (χ2v) is 4.71. The average Bonchev–Trinajstić information content (AvgIpc) is 2.47. The molecule has 0 amide bonds. The number of aromatic nitrogens is 1. The van der Waals surface area contributed by atoms with E-state index < -0.39 is 0 Å². The van der Waals surface area contributed by atoms with Crippen LogP contribution in [0.2, 0.25) is 10.0 Å². The molecule has 1 aromatic carbocycles. The number of nitrogens with one attached hydrogen (secondary N) is 1. The lowest BCUT2D eigenvalue weighted by Crippen LogP contribution is -2.12. The molecule has 4 nitrogen and oxygen atoms in total. The van der Waals surface area contributed by atoms with Gasteiger partial charge in [0.1, 0.15) is 24.2 Å². The molecule has 0 spiro atoms. The van der Waals surface area contributed by atoms with E-state index in [0.29, 0.717) is 29.0 Å². The highest BCUT2D eigenvalue weighted by molar-refractivity contribution is 6.31. The van der Waals surface area contributed by atoms with Crippen molar-refractivity contribution in [3.05, 3.63) is 52.1 Å². The minimum Gasteiger partial charge on any atom is -0.492 e. The number of hydrogen-bond acceptors (Lipinski definition) is 4. The quantitative estimate of drug-likeness (QED) is 0.855. The molecule has 0 atom stereocenters. The van der Waals surface area contributed by atoms with Crippen molar-refractivity contribution in [2.75, 3.05) is 18.5 Å². The number of anilines is 1. The van der Waals surface area contributed by atoms with E-state index in [9.17, 15) is 0 Å². The summed E-state index contributed by atoms with van der Waals surface area (Å²) in [4.78, 5) is 4.07. The summed E-state index contributed by atoms with van der Waals surface area (Å²) in [5.41, 5.74) is 0.204. The molecule has 1 heterocycles. The molecule has 0 saturated heterocycles. The van der Waals surface area contributed by atoms with Crippen molar-refractivity contribution in [3.8, 4) is 11.8 Å². The maximum Gasteiger partial charge on any atom is 0.161 e. The molecule has 102 valence electrons. The molecule has 0 bridgehead atoms. The van der Waals surface area contributed by atoms with E-state index in [2.05, 4.69) is 10.3 Å². The number of halogens is 2. The van der Waals surface area contributed by atoms with Crippen LogP contribution in [-0.2, 0) is 0 Å². The van der Waals surface area contributed by atoms with Gasteiger partial charge in [0.15, 0.2) is 5.69 Å². The Morgan fingerprint density at radius 2 is 1.90 bits per heavy atom. The SMILES string of the molecule is N#Cc1nc(NCCOc2ccc(Cl)cc2)ccc1Cl. The van der Waals surface area contributed by atoms with Crippen LogP contribution in [0.3, 0.4) is 0 Å². The minimum atomic E-state index is 0.204. The Kier molecular flexibility index (Phi) is 5.05. The first-order valence-electron chi connectivity index (χ1n) is 5.88. The predicted octanol–water partition coefficient (Wildman–Crippen LogP) is 3.75. The first-order chi connectivity index (χ1) is 9.69. The fourth-order valence-electron chi connectivity index (χ4n) is 1.50. The summed E-state index contributed by atoms with van der Waals surface area (Å²) >= 11 is 11.6. The molecule has 20 heavy (non-hydrogen) atoms. The molecule has 0 saturated carbocycles. The fraction of sp³-hybridized carbons (Fsp3) is 0.143. The molecule has 0 aliphatic carbocycles. The van der Waals surface area contributed by atoms with Gasteiger partial charge in [-0.1, -0.05) is 23.2 Å². The molecule has 0 fully saturated rings. The zero-order valence-electron chi connectivity index (χ0n) is 10.4. The molecule has 1 N–H and O–H groups in total. The first kappa shape index (κ1) is 14.4. The van der Waals surface area contributed by atoms with Crippen LogP contribution in [0.25, 0.3) is 0 Å². The van der Waals surface area contributed by atoms with Gasteiger partial charge in [0, 0.05) is 5.02 Å². The lowest BCUT2D eigenvalue weighted by atomic mass is 10.3. The number of pyridine rings is 1. The van der Waals surface area contributed by atoms with Crippen LogP contribution < -0.4 is 10.1 Å². The summed E-state index contributed by atoms with van der Waals surface area (Å²) in [6, 6.07) is 12.4. The van der Waals surface area contributed by atoms with Gasteiger partial charge in [0.2, 0.25) is 0 Å². The second kappa shape index (κ2) is 6.99. The van der Waals surface area contributed by atoms with Gasteiger partial charge in [0.25, 0.3) is 0 Å². The van der Waals surface area contributed by atoms with Crippen LogP contribution in [0.15, 0.2) is 36.4 Å². The lowest BCUT2D eigenvalue weighted by molar-refractivity contribution is 0.333. The Hall–Kier alpha value is -1.96. The van der Waals surface area contributed by atoms with Gasteiger partial charge in [-0.25, -0.2) is 4.98 Å². The van der Waals surface area contributed by atoms with Crippen LogP contribution in [0.5, 0.6) is 5.75 Å². The summed E-state index contributed by atoms with van der Waals surface area (Å²) < 4.78 is 5.52. The smallest absolute Gasteiger partial charge is 0.161 e. The number of nitrogens with zero attached hydrogens (tertiary/aromatic N) is 2. The Balaban J connectivity index is 1.81. The summed E-state index contributed by atoms with van der Waals surface area (Å²) in [7, 11) is 0. The van der Waals surface area contributed by atoms with E-state index >= 15 is 0 Å². The maximum absolute atomic E-state index is 8.83. The van der Waals surface area contributed by atoms with Crippen LogP contribution in [0.4, 0.5) is 5.82 Å². The number of rotatable bonds is 5. The number of ether oxygens (including phenoxy) is 1. The number of nitriles is 1. The van der Waals surface area contributed by atoms with E-state index in [4.69, 9.17) is 33.2 Å². The molecule has 0 radical (unpaired) electrons. The van der Waals surface area contributed by atoms with Crippen molar-refractivity contribution in [1.29, 1.82) is 5.26 Å². The molecule has 0 aliphatic heterocycles. The predicted molar refractivity (Wildman–Crippen MR) is 79.4 cm³/mol. The molecule has 2 rings (SSSR count). The summed E-state index contributed by atoms with van der Waals surface area (Å²) in [6.45, 7) is 1.02. The minimum absolute atomic E-state index is 0.204. The standard InChI is InChI=1S/C14H11Cl2N3O/c15-10-1-3-11(4-2-10)20-8-7-18-14-6-5-12(16)13(9-17)19-14/h1-6H,7-8H2,(H,18,19). The third kappa shape index (κ3) is 4.02. The second-order valence-electron chi connectivity index (χ2n) is 3.87. The van der Waals surface area contributed by atoms with Crippen molar-refractivity contribution in [2.45, 2.75) is 0 Å². The molecule has 2 aromatic rings. The van der Waals surface area contributed by atoms with Crippen LogP contribution in [-0.4, -0.2) is 18.1 Å². The summed E-state index contributed by atoms with van der Waals surface area (Å²) in [6.07, 6.45) is 0. The Morgan fingerprint density at radius 3 is 2.60 bits per heavy atom. The van der Waals surface area contributed by atoms with Gasteiger partial charge in [-0.05, 0) is 36.4 Å². The third-order valence-electron chi connectivity index (χ3n) is 2.44. The molecular weight excluding hydrogens is 297 g/mol. The highest BCUT2D eigenvalue weighted by Gasteiger charge is 2.02. The van der Waals surface area contributed by atoms with Crippen LogP contribution >= 0.6 is 23.2 Å². The van der Waals surface area contributed by atoms with Gasteiger partial charge in [-0.2, -0.15) is 5.26 Å². The van der Waals surface area contributed by atoms with Crippen molar-refractivity contribution in [3.63, 3.8) is 0 Å². The fourth-order valence-corrected chi connectivity index (χ4v) is 1.77. The van der Waals surface area contributed by atoms with Crippen molar-refractivity contribution in [1.82, 2.24) is 4.98 Å². The van der Waals surface area contributed by atoms with E-state index in [1.807, 2.05) is 6.07 Å². The van der Waals surface area contributed by atoms with Gasteiger partial charge in [0.05, 0.1) is 11.6 Å². The van der Waals surface area contributed by atoms with Crippen molar-refractivity contribution in [2.24, 2.45) is 0 Å². The highest BCUT2D eigenvalue weighted by atomic mass is 35.5. The molecule has 6 heteroatoms. The van der Waals surface area contributed by atoms with Gasteiger partial charge >= 0.3 is 0 Å². The average molecular weight is 308 g/mol. The zero-order chi connectivity index (χ0) is 14.4. The largest absolute Gasteiger partial charge is 0.492 e. The van der Waals surface area contributed by atoms with Crippen molar-refractivity contribution >= 4 is 29.0 Å². The van der Waals surface area contributed by atoms with E-state index in [0.717, 1.165) is 5.75 Å². The van der Waals surface area contributed by atoms with E-state index in [-0.39, 0.29) is 5.69 Å². The van der Waals surface area contributed by atoms with Crippen LogP contribution in [0, 0.1) is 11.3 Å². The molecular formula is C14H11Cl2N3O. The highest BCUT2D eigenvalue weighted by Crippen LogP contribution is 2.16. The number of benzene rings is 1. The summed E-state index contributed by atoms with van der Waals surface area (Å²) in [5.74, 6) is 1.34. The first-order valence-corrected chi connectivity index (χ1v) is 6.63. The van der Waals surface area contributed by atoms with Crippen molar-refractivity contribution < 1.29 is 4.74 Å². The monoisotopic (exact) mass is 307 g/mol. The van der Waals surface area contributed by atoms with Gasteiger partial charge < -0.3 is 10.1 Å². The van der Waals surface area contributed by atoms with Gasteiger partial charge in [-0.3, -0.25) is 0 Å². The molecule has 1 aromatic heterocycles. The zero-order valence-corrected chi connectivity index (χ0v) is 11.9. The Bertz CT molecular complexity index is 623. The number of hydrogen-bond donors (Lipinski definition) is 1. The topological polar surface area (TPSA) is 57.9 Å². The molecule has 0 aliphatic rings. The lowest BCUT2D eigenvalue weighted by Gasteiger charge is -2.08. The normalized spacial score (nSPS) is 9.85. The van der Waals surface area contributed by atoms with Gasteiger partial charge in [-0.15, -0.1) is 0 Å². The van der Waals surface area contributed by atoms with E-state index in [1.54, 1.807) is 36.4 Å².